The van der Waals surface area contributed by atoms with Crippen LogP contribution in [0.5, 0.6) is 0 Å². The Kier molecular flexibility index (Phi) is 28.4. The Morgan fingerprint density at radius 3 is 1.44 bits per heavy atom. The lowest BCUT2D eigenvalue weighted by molar-refractivity contribution is -0.231. The van der Waals surface area contributed by atoms with Gasteiger partial charge in [-0.15, -0.1) is 0 Å². The van der Waals surface area contributed by atoms with E-state index < -0.39 is 68.0 Å². The molecule has 0 radical (unpaired) electrons. The summed E-state index contributed by atoms with van der Waals surface area (Å²) in [6.07, 6.45) is 25.9. The van der Waals surface area contributed by atoms with Gasteiger partial charge in [0.05, 0.1) is 55.9 Å². The van der Waals surface area contributed by atoms with E-state index in [9.17, 15) is 51.9 Å². The number of esters is 8. The lowest BCUT2D eigenvalue weighted by Crippen LogP contribution is -2.63. The van der Waals surface area contributed by atoms with Gasteiger partial charge in [-0.05, 0) is 291 Å². The maximum Gasteiger partial charge on any atom is 0.344 e. The number of aliphatic hydroxyl groups is 1. The van der Waals surface area contributed by atoms with Gasteiger partial charge in [0.15, 0.2) is 6.61 Å². The molecule has 20 nitrogen and oxygen atoms in total. The molecule has 0 spiro atoms. The summed E-state index contributed by atoms with van der Waals surface area (Å²) in [6.45, 7) is 43.8. The van der Waals surface area contributed by atoms with E-state index in [0.717, 1.165) is 115 Å². The molecule has 2 aliphatic heterocycles. The minimum absolute atomic E-state index is 0.0130. The minimum atomic E-state index is -3.53. The van der Waals surface area contributed by atoms with Crippen LogP contribution in [-0.4, -0.2) is 127 Å². The minimum Gasteiger partial charge on any atom is -0.465 e. The second-order valence-electron chi connectivity index (χ2n) is 39.8. The van der Waals surface area contributed by atoms with Crippen LogP contribution in [0, 0.1) is 104 Å². The van der Waals surface area contributed by atoms with Gasteiger partial charge in [0.1, 0.15) is 41.2 Å². The highest BCUT2D eigenvalue weighted by Gasteiger charge is 2.67. The maximum absolute atomic E-state index is 12.8. The SMILES string of the molecule is CCC(C)(C)C(=O)OC1(C(C)C)C2CC3CC(C2)CC1C3.CCC(C)(C)C(=O)OC12CC3CC(CC(O)(C3)C1)C2.CCC(C)(C)C(=O)OC1C2CC3C(=O)OC1C3C2.CCC(C)(C)C(=O)OCC(=O)OC1C2CC3C1OS(=O)(=O)C3C2.CCC1(OC(=O)C(C)(C)CC)CCCC1.CCCCOC(=O)C(C)(C)CC. The lowest BCUT2D eigenvalue weighted by atomic mass is 9.47. The first kappa shape index (κ1) is 89.2. The zero-order valence-corrected chi connectivity index (χ0v) is 71.5. The monoisotopic (exact) mass is 1540 g/mol. The van der Waals surface area contributed by atoms with Gasteiger partial charge in [-0.2, -0.15) is 8.42 Å². The molecule has 21 heteroatoms. The van der Waals surface area contributed by atoms with Gasteiger partial charge < -0.3 is 43.0 Å². The number of hydrogen-bond donors (Lipinski definition) is 1. The quantitative estimate of drug-likeness (QED) is 0.0407. The average molecular weight is 1540 g/mol. The highest BCUT2D eigenvalue weighted by Crippen LogP contribution is 2.64. The van der Waals surface area contributed by atoms with Crippen molar-refractivity contribution < 1.29 is 94.0 Å². The number of carbonyl (C=O) groups excluding carboxylic acids is 8. The Labute approximate surface area is 649 Å². The number of rotatable bonds is 24. The molecule has 0 aromatic carbocycles. The summed E-state index contributed by atoms with van der Waals surface area (Å²) in [5.41, 5.74) is -3.73. The molecule has 15 aliphatic rings. The Bertz CT molecular complexity index is 3240. The molecule has 13 saturated carbocycles. The molecule has 2 saturated heterocycles. The molecule has 12 bridgehead atoms. The predicted molar refractivity (Wildman–Crippen MR) is 411 cm³/mol. The van der Waals surface area contributed by atoms with Crippen LogP contribution in [0.25, 0.3) is 0 Å². The van der Waals surface area contributed by atoms with E-state index in [2.05, 4.69) is 34.6 Å². The van der Waals surface area contributed by atoms with Crippen molar-refractivity contribution in [2.24, 2.45) is 104 Å². The van der Waals surface area contributed by atoms with Crippen molar-refractivity contribution in [1.82, 2.24) is 0 Å². The first-order valence-electron chi connectivity index (χ1n) is 42.4. The maximum atomic E-state index is 12.8. The van der Waals surface area contributed by atoms with E-state index >= 15 is 0 Å². The molecular formula is C87H144O20S. The number of carbonyl (C=O) groups is 8. The smallest absolute Gasteiger partial charge is 0.344 e. The first-order chi connectivity index (χ1) is 50.1. The topological polar surface area (TPSA) is 274 Å². The molecule has 12 atom stereocenters. The van der Waals surface area contributed by atoms with Crippen molar-refractivity contribution in [2.45, 2.75) is 384 Å². The number of hydrogen-bond acceptors (Lipinski definition) is 20. The van der Waals surface area contributed by atoms with Crippen LogP contribution < -0.4 is 0 Å². The standard InChI is InChI=1S/C19H32O2.C16H26O3.C15H22O7S.C14H20O4.C13H24O2.C10H20O2/c1-6-18(4,5)17(20)21-19(12(2)3)15-8-13-7-14(10-15)11-16(19)9-13;1-4-14(2,3)13(17)19-16-8-11-5-12(9-16)7-15(18,6-11)10-16;1-4-15(2,3)14(17)20-7-11(16)21-12-8-5-9-10(6-8)23(18,19)22-13(9)12;1-4-14(2,3)13(16)18-10-7-5-8-9(6-7)12(15)17-11(8)10;1-5-12(3,4)11(14)15-13(6-2)9-7-8-10-13;1-5-7-8-12-9(11)10(3,4)6-2/h12-16H,6-11H2,1-5H3;11-12,18H,4-10H2,1-3H3;8-10,12-13H,4-7H2,1-3H3;7-11H,4-6H2,1-3H3;5-10H2,1-4H3;5-8H2,1-4H3. The summed E-state index contributed by atoms with van der Waals surface area (Å²) in [5.74, 6) is 3.75. The van der Waals surface area contributed by atoms with Crippen LogP contribution in [0.2, 0.25) is 0 Å². The Hall–Kier alpha value is -4.37. The Morgan fingerprint density at radius 1 is 0.509 bits per heavy atom. The van der Waals surface area contributed by atoms with Gasteiger partial charge in [0.2, 0.25) is 0 Å². The molecule has 15 fully saturated rings. The molecule has 618 valence electrons. The van der Waals surface area contributed by atoms with Gasteiger partial charge in [-0.1, -0.05) is 75.7 Å². The van der Waals surface area contributed by atoms with Gasteiger partial charge >= 0.3 is 47.8 Å². The van der Waals surface area contributed by atoms with Crippen molar-refractivity contribution in [1.29, 1.82) is 0 Å². The fourth-order valence-corrected chi connectivity index (χ4v) is 22.1. The summed E-state index contributed by atoms with van der Waals surface area (Å²) < 4.78 is 73.4. The molecule has 108 heavy (non-hydrogen) atoms. The third-order valence-electron chi connectivity index (χ3n) is 29.3. The number of fused-ring (bicyclic) bond motifs is 2. The van der Waals surface area contributed by atoms with Crippen LogP contribution in [0.15, 0.2) is 0 Å². The summed E-state index contributed by atoms with van der Waals surface area (Å²) in [7, 11) is -3.53. The third kappa shape index (κ3) is 19.5. The summed E-state index contributed by atoms with van der Waals surface area (Å²) >= 11 is 0. The number of unbranched alkanes of at least 4 members (excludes halogenated alkanes) is 1. The highest BCUT2D eigenvalue weighted by molar-refractivity contribution is 7.87. The van der Waals surface area contributed by atoms with Crippen molar-refractivity contribution in [3.8, 4) is 0 Å². The van der Waals surface area contributed by atoms with Crippen molar-refractivity contribution in [3.05, 3.63) is 0 Å². The molecule has 0 amide bonds. The van der Waals surface area contributed by atoms with E-state index in [1.807, 2.05) is 104 Å². The summed E-state index contributed by atoms with van der Waals surface area (Å²) in [5, 5.41) is 10.2. The van der Waals surface area contributed by atoms with Crippen LogP contribution in [-0.2, 0) is 90.6 Å². The Balaban J connectivity index is 0.000000165. The molecular weight excluding hydrogens is 1400 g/mol. The fraction of sp³-hybridized carbons (Fsp3) is 0.908. The van der Waals surface area contributed by atoms with Crippen LogP contribution in [0.3, 0.4) is 0 Å². The second-order valence-corrected chi connectivity index (χ2v) is 41.6. The van der Waals surface area contributed by atoms with Gasteiger partial charge in [0, 0.05) is 30.1 Å². The van der Waals surface area contributed by atoms with Crippen molar-refractivity contribution >= 4 is 57.9 Å². The van der Waals surface area contributed by atoms with Gasteiger partial charge in [-0.25, -0.2) is 4.79 Å². The van der Waals surface area contributed by atoms with E-state index in [1.165, 1.54) is 51.4 Å². The first-order valence-corrected chi connectivity index (χ1v) is 43.9. The van der Waals surface area contributed by atoms with Crippen LogP contribution >= 0.6 is 0 Å². The molecule has 2 heterocycles. The van der Waals surface area contributed by atoms with Crippen molar-refractivity contribution in [2.75, 3.05) is 13.2 Å². The van der Waals surface area contributed by atoms with Gasteiger partial charge in [0.25, 0.3) is 10.1 Å². The normalized spacial score (nSPS) is 34.7. The van der Waals surface area contributed by atoms with Crippen LogP contribution in [0.4, 0.5) is 0 Å². The molecule has 1 N–H and O–H groups in total. The predicted octanol–water partition coefficient (Wildman–Crippen LogP) is 17.3. The lowest BCUT2D eigenvalue weighted by Gasteiger charge is -2.62. The van der Waals surface area contributed by atoms with Crippen molar-refractivity contribution in [3.63, 3.8) is 0 Å². The number of ether oxygens (including phenoxy) is 8. The van der Waals surface area contributed by atoms with E-state index in [-0.39, 0.29) is 98.8 Å². The Morgan fingerprint density at radius 2 is 0.954 bits per heavy atom. The third-order valence-corrected chi connectivity index (χ3v) is 31.1. The van der Waals surface area contributed by atoms with Gasteiger partial charge in [-0.3, -0.25) is 37.7 Å². The zero-order chi connectivity index (χ0) is 80.5. The van der Waals surface area contributed by atoms with E-state index in [1.54, 1.807) is 13.8 Å². The molecule has 13 aliphatic carbocycles. The molecule has 0 aromatic rings. The molecule has 0 aromatic heterocycles. The fourth-order valence-electron chi connectivity index (χ4n) is 20.2. The largest absolute Gasteiger partial charge is 0.465 e. The van der Waals surface area contributed by atoms with Crippen LogP contribution in [0.1, 0.15) is 332 Å². The highest BCUT2D eigenvalue weighted by atomic mass is 32.2. The molecule has 12 unspecified atom stereocenters. The summed E-state index contributed by atoms with van der Waals surface area (Å²) in [4.78, 5) is 96.0. The zero-order valence-electron chi connectivity index (χ0n) is 70.6. The molecule has 15 rings (SSSR count). The van der Waals surface area contributed by atoms with E-state index in [4.69, 9.17) is 42.1 Å². The average Bonchev–Trinajstić information content (AvgIpc) is 1.49. The van der Waals surface area contributed by atoms with E-state index in [0.29, 0.717) is 73.7 Å². The summed E-state index contributed by atoms with van der Waals surface area (Å²) in [6, 6.07) is 0. The second kappa shape index (κ2) is 34.4.